The van der Waals surface area contributed by atoms with Crippen LogP contribution < -0.4 is 14.8 Å². The first-order valence-electron chi connectivity index (χ1n) is 8.07. The van der Waals surface area contributed by atoms with Gasteiger partial charge in [0.1, 0.15) is 11.5 Å². The molecular formula is C18H31NO2. The Morgan fingerprint density at radius 3 is 2.57 bits per heavy atom. The van der Waals surface area contributed by atoms with Gasteiger partial charge >= 0.3 is 0 Å². The van der Waals surface area contributed by atoms with Gasteiger partial charge in [-0.15, -0.1) is 0 Å². The Kier molecular flexibility index (Phi) is 8.21. The molecule has 1 rings (SSSR count). The van der Waals surface area contributed by atoms with E-state index in [1.54, 1.807) is 7.11 Å². The van der Waals surface area contributed by atoms with E-state index < -0.39 is 0 Å². The maximum Gasteiger partial charge on any atom is 0.127 e. The fourth-order valence-electron chi connectivity index (χ4n) is 2.25. The van der Waals surface area contributed by atoms with Gasteiger partial charge in [-0.3, -0.25) is 0 Å². The van der Waals surface area contributed by atoms with E-state index in [2.05, 4.69) is 39.1 Å². The number of ether oxygens (including phenoxy) is 2. The molecule has 0 aliphatic heterocycles. The average molecular weight is 293 g/mol. The Balaban J connectivity index is 2.67. The summed E-state index contributed by atoms with van der Waals surface area (Å²) in [7, 11) is 1.69. The van der Waals surface area contributed by atoms with Crippen LogP contribution >= 0.6 is 0 Å². The van der Waals surface area contributed by atoms with Gasteiger partial charge in [-0.05, 0) is 30.9 Å². The van der Waals surface area contributed by atoms with E-state index in [1.165, 1.54) is 18.4 Å². The molecule has 1 aromatic rings. The van der Waals surface area contributed by atoms with Crippen molar-refractivity contribution in [3.63, 3.8) is 0 Å². The molecule has 0 aromatic heterocycles. The van der Waals surface area contributed by atoms with Crippen molar-refractivity contribution in [1.29, 1.82) is 0 Å². The van der Waals surface area contributed by atoms with Crippen molar-refractivity contribution in [2.75, 3.05) is 20.3 Å². The topological polar surface area (TPSA) is 30.5 Å². The van der Waals surface area contributed by atoms with E-state index in [1.807, 2.05) is 12.1 Å². The van der Waals surface area contributed by atoms with E-state index in [9.17, 15) is 0 Å². The predicted octanol–water partition coefficient (Wildman–Crippen LogP) is 4.26. The third-order valence-electron chi connectivity index (χ3n) is 3.45. The summed E-state index contributed by atoms with van der Waals surface area (Å²) in [5.74, 6) is 3.02. The van der Waals surface area contributed by atoms with Crippen molar-refractivity contribution in [2.24, 2.45) is 11.8 Å². The summed E-state index contributed by atoms with van der Waals surface area (Å²) >= 11 is 0. The molecule has 0 amide bonds. The van der Waals surface area contributed by atoms with Crippen LogP contribution in [-0.4, -0.2) is 20.3 Å². The number of rotatable bonds is 10. The minimum Gasteiger partial charge on any atom is -0.497 e. The van der Waals surface area contributed by atoms with Crippen LogP contribution in [-0.2, 0) is 6.54 Å². The van der Waals surface area contributed by atoms with E-state index in [4.69, 9.17) is 9.47 Å². The fraction of sp³-hybridized carbons (Fsp3) is 0.667. The molecule has 21 heavy (non-hydrogen) atoms. The zero-order valence-corrected chi connectivity index (χ0v) is 14.2. The minimum atomic E-state index is 0.581. The van der Waals surface area contributed by atoms with E-state index >= 15 is 0 Å². The second kappa shape index (κ2) is 9.67. The maximum atomic E-state index is 6.03. The Hall–Kier alpha value is -1.22. The zero-order chi connectivity index (χ0) is 15.7. The maximum absolute atomic E-state index is 6.03. The average Bonchev–Trinajstić information content (AvgIpc) is 2.46. The summed E-state index contributed by atoms with van der Waals surface area (Å²) < 4.78 is 11.3. The van der Waals surface area contributed by atoms with Crippen LogP contribution in [0.4, 0.5) is 0 Å². The highest BCUT2D eigenvalue weighted by molar-refractivity contribution is 5.40. The summed E-state index contributed by atoms with van der Waals surface area (Å²) in [6, 6.07) is 6.08. The molecule has 0 radical (unpaired) electrons. The summed E-state index contributed by atoms with van der Waals surface area (Å²) in [6.07, 6.45) is 2.40. The SMILES string of the molecule is CCCC(C)COc1cc(OC)ccc1CNCC(C)C. The summed E-state index contributed by atoms with van der Waals surface area (Å²) in [5.41, 5.74) is 1.19. The molecule has 0 aliphatic rings. The highest BCUT2D eigenvalue weighted by atomic mass is 16.5. The van der Waals surface area contributed by atoms with Crippen molar-refractivity contribution in [3.05, 3.63) is 23.8 Å². The van der Waals surface area contributed by atoms with Crippen molar-refractivity contribution in [2.45, 2.75) is 47.1 Å². The normalized spacial score (nSPS) is 12.5. The van der Waals surface area contributed by atoms with Crippen molar-refractivity contribution >= 4 is 0 Å². The molecule has 3 heteroatoms. The van der Waals surface area contributed by atoms with Gasteiger partial charge in [-0.25, -0.2) is 0 Å². The van der Waals surface area contributed by atoms with Crippen molar-refractivity contribution < 1.29 is 9.47 Å². The third-order valence-corrected chi connectivity index (χ3v) is 3.45. The number of benzene rings is 1. The smallest absolute Gasteiger partial charge is 0.127 e. The van der Waals surface area contributed by atoms with Gasteiger partial charge in [0, 0.05) is 18.2 Å². The number of nitrogens with one attached hydrogen (secondary N) is 1. The molecule has 1 atom stereocenters. The summed E-state index contributed by atoms with van der Waals surface area (Å²) in [5, 5.41) is 3.47. The van der Waals surface area contributed by atoms with Gasteiger partial charge in [0.2, 0.25) is 0 Å². The molecule has 0 saturated heterocycles. The van der Waals surface area contributed by atoms with E-state index in [-0.39, 0.29) is 0 Å². The van der Waals surface area contributed by atoms with Crippen LogP contribution in [0.2, 0.25) is 0 Å². The first-order valence-corrected chi connectivity index (χ1v) is 8.07. The molecule has 1 aromatic carbocycles. The van der Waals surface area contributed by atoms with Crippen LogP contribution in [0, 0.1) is 11.8 Å². The molecule has 0 spiro atoms. The molecule has 3 nitrogen and oxygen atoms in total. The molecule has 0 heterocycles. The molecule has 0 bridgehead atoms. The van der Waals surface area contributed by atoms with E-state index in [0.717, 1.165) is 31.2 Å². The monoisotopic (exact) mass is 293 g/mol. The molecule has 120 valence electrons. The van der Waals surface area contributed by atoms with Crippen LogP contribution in [0.25, 0.3) is 0 Å². The molecular weight excluding hydrogens is 262 g/mol. The lowest BCUT2D eigenvalue weighted by Crippen LogP contribution is -2.19. The lowest BCUT2D eigenvalue weighted by Gasteiger charge is -2.17. The van der Waals surface area contributed by atoms with Crippen LogP contribution in [0.5, 0.6) is 11.5 Å². The number of methoxy groups -OCH3 is 1. The Morgan fingerprint density at radius 1 is 1.19 bits per heavy atom. The van der Waals surface area contributed by atoms with Crippen LogP contribution in [0.15, 0.2) is 18.2 Å². The quantitative estimate of drug-likeness (QED) is 0.699. The first kappa shape index (κ1) is 17.8. The second-order valence-corrected chi connectivity index (χ2v) is 6.20. The van der Waals surface area contributed by atoms with Gasteiger partial charge in [-0.1, -0.05) is 40.2 Å². The lowest BCUT2D eigenvalue weighted by atomic mass is 10.1. The third kappa shape index (κ3) is 6.85. The van der Waals surface area contributed by atoms with Crippen molar-refractivity contribution in [3.8, 4) is 11.5 Å². The first-order chi connectivity index (χ1) is 10.1. The minimum absolute atomic E-state index is 0.581. The highest BCUT2D eigenvalue weighted by Crippen LogP contribution is 2.25. The van der Waals surface area contributed by atoms with Gasteiger partial charge in [0.05, 0.1) is 13.7 Å². The standard InChI is InChI=1S/C18H31NO2/c1-6-7-15(4)13-21-18-10-17(20-5)9-8-16(18)12-19-11-14(2)3/h8-10,14-15,19H,6-7,11-13H2,1-5H3. The molecule has 1 unspecified atom stereocenters. The summed E-state index contributed by atoms with van der Waals surface area (Å²) in [6.45, 7) is 11.5. The van der Waals surface area contributed by atoms with E-state index in [0.29, 0.717) is 11.8 Å². The highest BCUT2D eigenvalue weighted by Gasteiger charge is 2.08. The van der Waals surface area contributed by atoms with Crippen LogP contribution in [0.1, 0.15) is 46.1 Å². The summed E-state index contributed by atoms with van der Waals surface area (Å²) in [4.78, 5) is 0. The predicted molar refractivity (Wildman–Crippen MR) is 89.1 cm³/mol. The second-order valence-electron chi connectivity index (χ2n) is 6.20. The van der Waals surface area contributed by atoms with Crippen molar-refractivity contribution in [1.82, 2.24) is 5.32 Å². The van der Waals surface area contributed by atoms with Gasteiger partial charge < -0.3 is 14.8 Å². The molecule has 0 fully saturated rings. The van der Waals surface area contributed by atoms with Gasteiger partial charge in [0.25, 0.3) is 0 Å². The van der Waals surface area contributed by atoms with Gasteiger partial charge in [0.15, 0.2) is 0 Å². The Morgan fingerprint density at radius 2 is 1.95 bits per heavy atom. The Bertz CT molecular complexity index is 404. The van der Waals surface area contributed by atoms with Crippen LogP contribution in [0.3, 0.4) is 0 Å². The molecule has 0 saturated carbocycles. The Labute approximate surface area is 130 Å². The van der Waals surface area contributed by atoms with Gasteiger partial charge in [-0.2, -0.15) is 0 Å². The molecule has 1 N–H and O–H groups in total. The lowest BCUT2D eigenvalue weighted by molar-refractivity contribution is 0.248. The largest absolute Gasteiger partial charge is 0.497 e. The fourth-order valence-corrected chi connectivity index (χ4v) is 2.25. The number of hydrogen-bond acceptors (Lipinski definition) is 3. The zero-order valence-electron chi connectivity index (χ0n) is 14.2. The number of hydrogen-bond donors (Lipinski definition) is 1. The molecule has 0 aliphatic carbocycles.